The molecule has 0 amide bonds. The lowest BCUT2D eigenvalue weighted by Crippen LogP contribution is -2.04. The second-order valence-corrected chi connectivity index (χ2v) is 3.03. The molecule has 0 aliphatic carbocycles. The molecule has 0 saturated carbocycles. The molecule has 2 heterocycles. The highest BCUT2D eigenvalue weighted by atomic mass is 16.5. The number of aromatic carboxylic acids is 1. The van der Waals surface area contributed by atoms with Gasteiger partial charge in [0.15, 0.2) is 0 Å². The van der Waals surface area contributed by atoms with Crippen LogP contribution in [0.4, 0.5) is 0 Å². The number of pyridine rings is 1. The first-order chi connectivity index (χ1) is 6.18. The summed E-state index contributed by atoms with van der Waals surface area (Å²) in [6, 6.07) is 1.58. The summed E-state index contributed by atoms with van der Waals surface area (Å²) in [5, 5.41) is 8.89. The molecule has 0 fully saturated rings. The number of carbonyl (C=O) groups is 1. The van der Waals surface area contributed by atoms with Gasteiger partial charge in [0.05, 0.1) is 24.5 Å². The standard InChI is InChI=1S/C9H9NO3/c1-5-2-6(9(11)12)7-3-13-4-8(7)10-5/h2H,3-4H2,1H3,(H,11,12). The molecule has 2 rings (SSSR count). The molecule has 0 unspecified atom stereocenters. The molecule has 0 aromatic carbocycles. The molecule has 0 radical (unpaired) electrons. The average molecular weight is 179 g/mol. The Morgan fingerprint density at radius 1 is 1.62 bits per heavy atom. The van der Waals surface area contributed by atoms with Crippen molar-refractivity contribution in [3.63, 3.8) is 0 Å². The van der Waals surface area contributed by atoms with Gasteiger partial charge in [0.1, 0.15) is 0 Å². The summed E-state index contributed by atoms with van der Waals surface area (Å²) < 4.78 is 5.13. The Labute approximate surface area is 75.2 Å². The maximum atomic E-state index is 10.8. The summed E-state index contributed by atoms with van der Waals surface area (Å²) >= 11 is 0. The van der Waals surface area contributed by atoms with Gasteiger partial charge in [0.25, 0.3) is 0 Å². The Morgan fingerprint density at radius 3 is 3.08 bits per heavy atom. The van der Waals surface area contributed by atoms with E-state index in [2.05, 4.69) is 4.98 Å². The fourth-order valence-corrected chi connectivity index (χ4v) is 1.49. The van der Waals surface area contributed by atoms with Crippen molar-refractivity contribution in [1.82, 2.24) is 4.98 Å². The van der Waals surface area contributed by atoms with Gasteiger partial charge in [-0.15, -0.1) is 0 Å². The second kappa shape index (κ2) is 2.81. The monoisotopic (exact) mass is 179 g/mol. The molecule has 0 saturated heterocycles. The van der Waals surface area contributed by atoms with Crippen molar-refractivity contribution in [2.45, 2.75) is 20.1 Å². The number of ether oxygens (including phenoxy) is 1. The molecule has 1 aromatic heterocycles. The first-order valence-corrected chi connectivity index (χ1v) is 3.99. The molecule has 0 atom stereocenters. The number of fused-ring (bicyclic) bond motifs is 1. The van der Waals surface area contributed by atoms with Crippen LogP contribution in [-0.2, 0) is 18.0 Å². The number of aryl methyl sites for hydroxylation is 1. The van der Waals surface area contributed by atoms with E-state index < -0.39 is 5.97 Å². The first kappa shape index (κ1) is 8.19. The molecular weight excluding hydrogens is 170 g/mol. The van der Waals surface area contributed by atoms with E-state index in [0.717, 1.165) is 17.0 Å². The molecule has 1 aromatic rings. The van der Waals surface area contributed by atoms with Crippen LogP contribution in [0.25, 0.3) is 0 Å². The van der Waals surface area contributed by atoms with E-state index in [1.807, 2.05) is 0 Å². The zero-order valence-corrected chi connectivity index (χ0v) is 7.20. The Hall–Kier alpha value is -1.42. The van der Waals surface area contributed by atoms with Gasteiger partial charge < -0.3 is 9.84 Å². The molecule has 1 aliphatic rings. The minimum atomic E-state index is -0.910. The molecule has 68 valence electrons. The van der Waals surface area contributed by atoms with Crippen LogP contribution < -0.4 is 0 Å². The van der Waals surface area contributed by atoms with Crippen molar-refractivity contribution >= 4 is 5.97 Å². The number of aromatic nitrogens is 1. The van der Waals surface area contributed by atoms with Crippen LogP contribution in [0.1, 0.15) is 27.3 Å². The van der Waals surface area contributed by atoms with Gasteiger partial charge in [0, 0.05) is 11.3 Å². The Kier molecular flexibility index (Phi) is 1.77. The van der Waals surface area contributed by atoms with Gasteiger partial charge in [-0.3, -0.25) is 4.98 Å². The van der Waals surface area contributed by atoms with Crippen LogP contribution in [0.2, 0.25) is 0 Å². The third-order valence-electron chi connectivity index (χ3n) is 2.05. The van der Waals surface area contributed by atoms with Gasteiger partial charge in [0.2, 0.25) is 0 Å². The van der Waals surface area contributed by atoms with Crippen molar-refractivity contribution in [2.24, 2.45) is 0 Å². The predicted octanol–water partition coefficient (Wildman–Crippen LogP) is 1.12. The van der Waals surface area contributed by atoms with E-state index in [1.54, 1.807) is 13.0 Å². The van der Waals surface area contributed by atoms with Crippen LogP contribution >= 0.6 is 0 Å². The summed E-state index contributed by atoms with van der Waals surface area (Å²) in [4.78, 5) is 15.0. The summed E-state index contributed by atoms with van der Waals surface area (Å²) in [6.07, 6.45) is 0. The van der Waals surface area contributed by atoms with E-state index in [-0.39, 0.29) is 0 Å². The summed E-state index contributed by atoms with van der Waals surface area (Å²) in [5.74, 6) is -0.910. The van der Waals surface area contributed by atoms with Crippen molar-refractivity contribution in [3.8, 4) is 0 Å². The van der Waals surface area contributed by atoms with Gasteiger partial charge in [-0.05, 0) is 13.0 Å². The largest absolute Gasteiger partial charge is 0.478 e. The molecule has 4 heteroatoms. The normalized spacial score (nSPS) is 14.2. The van der Waals surface area contributed by atoms with E-state index in [1.165, 1.54) is 0 Å². The SMILES string of the molecule is Cc1cc(C(=O)O)c2c(n1)COC2. The summed E-state index contributed by atoms with van der Waals surface area (Å²) in [6.45, 7) is 2.58. The third kappa shape index (κ3) is 1.29. The van der Waals surface area contributed by atoms with Crippen molar-refractivity contribution in [3.05, 3.63) is 28.6 Å². The molecule has 4 nitrogen and oxygen atoms in total. The number of nitrogens with zero attached hydrogens (tertiary/aromatic N) is 1. The van der Waals surface area contributed by atoms with Gasteiger partial charge in [-0.1, -0.05) is 0 Å². The number of hydrogen-bond acceptors (Lipinski definition) is 3. The lowest BCUT2D eigenvalue weighted by Gasteiger charge is -2.02. The van der Waals surface area contributed by atoms with Crippen LogP contribution in [0.3, 0.4) is 0 Å². The molecule has 1 N–H and O–H groups in total. The molecule has 0 spiro atoms. The Balaban J connectivity index is 2.62. The lowest BCUT2D eigenvalue weighted by atomic mass is 10.1. The van der Waals surface area contributed by atoms with Crippen LogP contribution in [0.15, 0.2) is 6.07 Å². The lowest BCUT2D eigenvalue weighted by molar-refractivity contribution is 0.0692. The minimum absolute atomic E-state index is 0.319. The maximum absolute atomic E-state index is 10.8. The van der Waals surface area contributed by atoms with Gasteiger partial charge >= 0.3 is 5.97 Å². The van der Waals surface area contributed by atoms with Crippen LogP contribution in [0.5, 0.6) is 0 Å². The highest BCUT2D eigenvalue weighted by molar-refractivity contribution is 5.89. The quantitative estimate of drug-likeness (QED) is 0.701. The van der Waals surface area contributed by atoms with E-state index >= 15 is 0 Å². The van der Waals surface area contributed by atoms with E-state index in [4.69, 9.17) is 9.84 Å². The van der Waals surface area contributed by atoms with Crippen molar-refractivity contribution in [1.29, 1.82) is 0 Å². The minimum Gasteiger partial charge on any atom is -0.478 e. The Bertz CT molecular complexity index is 373. The number of hydrogen-bond donors (Lipinski definition) is 1. The topological polar surface area (TPSA) is 59.4 Å². The zero-order valence-electron chi connectivity index (χ0n) is 7.20. The molecule has 1 aliphatic heterocycles. The van der Waals surface area contributed by atoms with E-state index in [9.17, 15) is 4.79 Å². The number of rotatable bonds is 1. The van der Waals surface area contributed by atoms with Crippen LogP contribution in [0, 0.1) is 6.92 Å². The van der Waals surface area contributed by atoms with E-state index in [0.29, 0.717) is 18.8 Å². The van der Waals surface area contributed by atoms with Crippen molar-refractivity contribution < 1.29 is 14.6 Å². The van der Waals surface area contributed by atoms with Crippen molar-refractivity contribution in [2.75, 3.05) is 0 Å². The fraction of sp³-hybridized carbons (Fsp3) is 0.333. The molecule has 0 bridgehead atoms. The predicted molar refractivity (Wildman–Crippen MR) is 44.4 cm³/mol. The third-order valence-corrected chi connectivity index (χ3v) is 2.05. The highest BCUT2D eigenvalue weighted by Crippen LogP contribution is 2.22. The molecule has 13 heavy (non-hydrogen) atoms. The summed E-state index contributed by atoms with van der Waals surface area (Å²) in [5.41, 5.74) is 2.53. The highest BCUT2D eigenvalue weighted by Gasteiger charge is 2.20. The second-order valence-electron chi connectivity index (χ2n) is 3.03. The average Bonchev–Trinajstić information content (AvgIpc) is 2.49. The Morgan fingerprint density at radius 2 is 2.38 bits per heavy atom. The van der Waals surface area contributed by atoms with Gasteiger partial charge in [-0.2, -0.15) is 0 Å². The maximum Gasteiger partial charge on any atom is 0.336 e. The van der Waals surface area contributed by atoms with Crippen LogP contribution in [-0.4, -0.2) is 16.1 Å². The van der Waals surface area contributed by atoms with Gasteiger partial charge in [-0.25, -0.2) is 4.79 Å². The first-order valence-electron chi connectivity index (χ1n) is 3.99. The molecular formula is C9H9NO3. The zero-order chi connectivity index (χ0) is 9.42. The number of carboxylic acids is 1. The summed E-state index contributed by atoms with van der Waals surface area (Å²) in [7, 11) is 0. The fourth-order valence-electron chi connectivity index (χ4n) is 1.49. The number of carboxylic acid groups (broad SMARTS) is 1. The smallest absolute Gasteiger partial charge is 0.336 e.